The average molecular weight is 248 g/mol. The lowest BCUT2D eigenvalue weighted by atomic mass is 10.1. The van der Waals surface area contributed by atoms with Gasteiger partial charge >= 0.3 is 5.97 Å². The van der Waals surface area contributed by atoms with Crippen LogP contribution in [0.4, 0.5) is 0 Å². The molecule has 96 valence electrons. The maximum atomic E-state index is 11.2. The summed E-state index contributed by atoms with van der Waals surface area (Å²) in [7, 11) is 0. The zero-order valence-electron chi connectivity index (χ0n) is 10.3. The monoisotopic (exact) mass is 248 g/mol. The number of hydrogen-bond donors (Lipinski definition) is 0. The molecule has 18 heavy (non-hydrogen) atoms. The van der Waals surface area contributed by atoms with Crippen LogP contribution in [0.2, 0.25) is 0 Å². The Kier molecular flexibility index (Phi) is 4.36. The smallest absolute Gasteiger partial charge is 0.308 e. The van der Waals surface area contributed by atoms with Crippen molar-refractivity contribution in [3.05, 3.63) is 42.2 Å². The van der Waals surface area contributed by atoms with E-state index in [4.69, 9.17) is 14.2 Å². The number of carbonyl (C=O) groups excluding carboxylic acids is 1. The van der Waals surface area contributed by atoms with Crippen molar-refractivity contribution in [3.8, 4) is 5.75 Å². The van der Waals surface area contributed by atoms with Gasteiger partial charge in [-0.25, -0.2) is 0 Å². The molecular weight excluding hydrogens is 232 g/mol. The van der Waals surface area contributed by atoms with E-state index in [2.05, 4.69) is 0 Å². The normalized spacial score (nSPS) is 16.8. The van der Waals surface area contributed by atoms with Gasteiger partial charge in [0.2, 0.25) is 0 Å². The van der Waals surface area contributed by atoms with Crippen molar-refractivity contribution in [1.82, 2.24) is 0 Å². The topological polar surface area (TPSA) is 44.8 Å². The van der Waals surface area contributed by atoms with Crippen LogP contribution in [0.25, 0.3) is 0 Å². The first-order chi connectivity index (χ1) is 8.81. The van der Waals surface area contributed by atoms with Crippen molar-refractivity contribution in [2.45, 2.75) is 19.4 Å². The molecule has 1 aliphatic heterocycles. The minimum absolute atomic E-state index is 0.163. The van der Waals surface area contributed by atoms with Gasteiger partial charge in [0, 0.05) is 5.56 Å². The lowest BCUT2D eigenvalue weighted by Gasteiger charge is -2.20. The SMILES string of the molecule is CCOC(=O)CCOC1C=COc2ccccc21. The largest absolute Gasteiger partial charge is 0.466 e. The third-order valence-electron chi connectivity index (χ3n) is 2.58. The average Bonchev–Trinajstić information content (AvgIpc) is 2.39. The van der Waals surface area contributed by atoms with Gasteiger partial charge in [-0.2, -0.15) is 0 Å². The molecule has 1 unspecified atom stereocenters. The van der Waals surface area contributed by atoms with Crippen LogP contribution in [-0.4, -0.2) is 19.2 Å². The summed E-state index contributed by atoms with van der Waals surface area (Å²) in [4.78, 5) is 11.2. The first-order valence-electron chi connectivity index (χ1n) is 6.00. The van der Waals surface area contributed by atoms with Crippen molar-refractivity contribution in [3.63, 3.8) is 0 Å². The van der Waals surface area contributed by atoms with E-state index in [9.17, 15) is 4.79 Å². The predicted molar refractivity (Wildman–Crippen MR) is 66.2 cm³/mol. The molecule has 0 saturated carbocycles. The molecule has 0 spiro atoms. The van der Waals surface area contributed by atoms with Gasteiger partial charge in [-0.15, -0.1) is 0 Å². The Labute approximate surface area is 106 Å². The molecular formula is C14H16O4. The second-order valence-corrected chi connectivity index (χ2v) is 3.83. The number of para-hydroxylation sites is 1. The predicted octanol–water partition coefficient (Wildman–Crippen LogP) is 2.60. The third kappa shape index (κ3) is 3.11. The summed E-state index contributed by atoms with van der Waals surface area (Å²) in [6, 6.07) is 7.69. The Morgan fingerprint density at radius 3 is 3.06 bits per heavy atom. The van der Waals surface area contributed by atoms with Crippen molar-refractivity contribution >= 4 is 5.97 Å². The summed E-state index contributed by atoms with van der Waals surface area (Å²) in [5, 5.41) is 0. The van der Waals surface area contributed by atoms with Crippen LogP contribution < -0.4 is 4.74 Å². The van der Waals surface area contributed by atoms with Crippen LogP contribution in [0.1, 0.15) is 25.0 Å². The molecule has 1 atom stereocenters. The Morgan fingerprint density at radius 1 is 1.39 bits per heavy atom. The minimum atomic E-state index is -0.234. The molecule has 4 heteroatoms. The molecule has 4 nitrogen and oxygen atoms in total. The van der Waals surface area contributed by atoms with Crippen LogP contribution in [-0.2, 0) is 14.3 Å². The number of esters is 1. The van der Waals surface area contributed by atoms with E-state index in [-0.39, 0.29) is 18.5 Å². The second kappa shape index (κ2) is 6.21. The molecule has 0 amide bonds. The first-order valence-corrected chi connectivity index (χ1v) is 6.00. The van der Waals surface area contributed by atoms with Gasteiger partial charge in [-0.1, -0.05) is 18.2 Å². The van der Waals surface area contributed by atoms with Crippen molar-refractivity contribution < 1.29 is 19.0 Å². The van der Waals surface area contributed by atoms with E-state index >= 15 is 0 Å². The molecule has 0 bridgehead atoms. The first kappa shape index (κ1) is 12.6. The lowest BCUT2D eigenvalue weighted by molar-refractivity contribution is -0.144. The summed E-state index contributed by atoms with van der Waals surface area (Å²) in [6.45, 7) is 2.53. The van der Waals surface area contributed by atoms with Gasteiger partial charge in [0.1, 0.15) is 11.9 Å². The Bertz CT molecular complexity index is 439. The Morgan fingerprint density at radius 2 is 2.22 bits per heavy atom. The van der Waals surface area contributed by atoms with E-state index in [0.29, 0.717) is 13.2 Å². The number of hydrogen-bond acceptors (Lipinski definition) is 4. The van der Waals surface area contributed by atoms with Crippen LogP contribution in [0.5, 0.6) is 5.75 Å². The van der Waals surface area contributed by atoms with E-state index in [1.165, 1.54) is 0 Å². The lowest BCUT2D eigenvalue weighted by Crippen LogP contribution is -2.12. The maximum Gasteiger partial charge on any atom is 0.308 e. The summed E-state index contributed by atoms with van der Waals surface area (Å²) in [6.07, 6.45) is 3.54. The molecule has 1 aromatic rings. The zero-order chi connectivity index (χ0) is 12.8. The summed E-state index contributed by atoms with van der Waals surface area (Å²) < 4.78 is 15.9. The highest BCUT2D eigenvalue weighted by Crippen LogP contribution is 2.32. The van der Waals surface area contributed by atoms with Gasteiger partial charge in [0.15, 0.2) is 0 Å². The van der Waals surface area contributed by atoms with Gasteiger partial charge in [0.25, 0.3) is 0 Å². The maximum absolute atomic E-state index is 11.2. The molecule has 0 fully saturated rings. The van der Waals surface area contributed by atoms with Crippen molar-refractivity contribution in [2.24, 2.45) is 0 Å². The number of fused-ring (bicyclic) bond motifs is 1. The van der Waals surface area contributed by atoms with Crippen LogP contribution in [0, 0.1) is 0 Å². The van der Waals surface area contributed by atoms with Gasteiger partial charge in [0.05, 0.1) is 25.9 Å². The molecule has 0 N–H and O–H groups in total. The van der Waals surface area contributed by atoms with Gasteiger partial charge < -0.3 is 14.2 Å². The summed E-state index contributed by atoms with van der Waals surface area (Å²) in [5.74, 6) is 0.558. The zero-order valence-corrected chi connectivity index (χ0v) is 10.3. The van der Waals surface area contributed by atoms with Crippen molar-refractivity contribution in [2.75, 3.05) is 13.2 Å². The fourth-order valence-corrected chi connectivity index (χ4v) is 1.76. The van der Waals surface area contributed by atoms with Gasteiger partial charge in [-0.3, -0.25) is 4.79 Å². The Hall–Kier alpha value is -1.81. The van der Waals surface area contributed by atoms with E-state index in [1.807, 2.05) is 30.3 Å². The van der Waals surface area contributed by atoms with Crippen molar-refractivity contribution in [1.29, 1.82) is 0 Å². The van der Waals surface area contributed by atoms with E-state index in [1.54, 1.807) is 13.2 Å². The van der Waals surface area contributed by atoms with Crippen LogP contribution in [0.15, 0.2) is 36.6 Å². The highest BCUT2D eigenvalue weighted by atomic mass is 16.5. The number of ether oxygens (including phenoxy) is 3. The minimum Gasteiger partial charge on any atom is -0.466 e. The van der Waals surface area contributed by atoms with Crippen LogP contribution in [0.3, 0.4) is 0 Å². The highest BCUT2D eigenvalue weighted by Gasteiger charge is 2.17. The fraction of sp³-hybridized carbons (Fsp3) is 0.357. The van der Waals surface area contributed by atoms with E-state index < -0.39 is 0 Å². The Balaban J connectivity index is 1.88. The standard InChI is InChI=1S/C14H16O4/c1-2-16-14(15)8-10-18-13-7-9-17-12-6-4-3-5-11(12)13/h3-7,9,13H,2,8,10H2,1H3. The molecule has 0 aromatic heterocycles. The molecule has 0 radical (unpaired) electrons. The van der Waals surface area contributed by atoms with Gasteiger partial charge in [-0.05, 0) is 19.1 Å². The molecule has 1 aromatic carbocycles. The second-order valence-electron chi connectivity index (χ2n) is 3.83. The number of carbonyl (C=O) groups is 1. The fourth-order valence-electron chi connectivity index (χ4n) is 1.76. The number of rotatable bonds is 5. The summed E-state index contributed by atoms with van der Waals surface area (Å²) >= 11 is 0. The molecule has 0 aliphatic carbocycles. The van der Waals surface area contributed by atoms with Crippen LogP contribution >= 0.6 is 0 Å². The number of benzene rings is 1. The summed E-state index contributed by atoms with van der Waals surface area (Å²) in [5.41, 5.74) is 0.976. The highest BCUT2D eigenvalue weighted by molar-refractivity contribution is 5.69. The molecule has 0 saturated heterocycles. The molecule has 1 aliphatic rings. The van der Waals surface area contributed by atoms with E-state index in [0.717, 1.165) is 11.3 Å². The molecule has 2 rings (SSSR count). The molecule has 1 heterocycles. The quantitative estimate of drug-likeness (QED) is 0.751. The third-order valence-corrected chi connectivity index (χ3v) is 2.58.